The highest BCUT2D eigenvalue weighted by molar-refractivity contribution is 14.1. The molecule has 24 heavy (non-hydrogen) atoms. The Hall–Kier alpha value is -1.44. The molecule has 0 saturated heterocycles. The van der Waals surface area contributed by atoms with E-state index in [0.29, 0.717) is 0 Å². The largest absolute Gasteiger partial charge is 0.120 e. The highest BCUT2D eigenvalue weighted by atomic mass is 127. The van der Waals surface area contributed by atoms with Crippen molar-refractivity contribution in [2.75, 3.05) is 0 Å². The Labute approximate surface area is 162 Å². The Morgan fingerprint density at radius 3 is 2.17 bits per heavy atom. The first-order valence-electron chi connectivity index (χ1n) is 7.91. The van der Waals surface area contributed by atoms with Gasteiger partial charge in [0.05, 0.1) is 0 Å². The van der Waals surface area contributed by atoms with Gasteiger partial charge in [0.1, 0.15) is 0 Å². The molecule has 0 N–H and O–H groups in total. The van der Waals surface area contributed by atoms with Crippen molar-refractivity contribution in [1.29, 1.82) is 0 Å². The van der Waals surface area contributed by atoms with Crippen LogP contribution in [-0.4, -0.2) is 4.75 Å². The van der Waals surface area contributed by atoms with Crippen molar-refractivity contribution in [1.82, 2.24) is 0 Å². The van der Waals surface area contributed by atoms with Gasteiger partial charge in [-0.15, -0.1) is 11.8 Å². The van der Waals surface area contributed by atoms with Crippen LogP contribution in [0.15, 0.2) is 65.6 Å². The Balaban J connectivity index is 1.86. The third kappa shape index (κ3) is 4.34. The Morgan fingerprint density at radius 1 is 0.833 bits per heavy atom. The van der Waals surface area contributed by atoms with Crippen LogP contribution in [0.5, 0.6) is 0 Å². The fourth-order valence-corrected chi connectivity index (χ4v) is 4.24. The van der Waals surface area contributed by atoms with E-state index < -0.39 is 0 Å². The van der Waals surface area contributed by atoms with E-state index in [1.807, 2.05) is 11.8 Å². The van der Waals surface area contributed by atoms with E-state index in [-0.39, 0.29) is 4.75 Å². The van der Waals surface area contributed by atoms with E-state index in [0.717, 1.165) is 11.1 Å². The molecular weight excluding hydrogens is 423 g/mol. The highest BCUT2D eigenvalue weighted by Gasteiger charge is 2.12. The number of benzene rings is 1. The second-order valence-corrected chi connectivity index (χ2v) is 9.70. The monoisotopic (exact) mass is 442 g/mol. The lowest BCUT2D eigenvalue weighted by atomic mass is 10.1. The molecule has 2 aliphatic rings. The van der Waals surface area contributed by atoms with Gasteiger partial charge in [-0.2, -0.15) is 0 Å². The van der Waals surface area contributed by atoms with Crippen LogP contribution in [0.4, 0.5) is 0 Å². The number of rotatable bonds is 1. The molecule has 1 aromatic carbocycles. The summed E-state index contributed by atoms with van der Waals surface area (Å²) in [5, 5.41) is 0. The lowest BCUT2D eigenvalue weighted by Crippen LogP contribution is -2.06. The minimum Gasteiger partial charge on any atom is -0.120 e. The van der Waals surface area contributed by atoms with Crippen molar-refractivity contribution in [3.63, 3.8) is 0 Å². The van der Waals surface area contributed by atoms with E-state index in [4.69, 9.17) is 0 Å². The number of thioether (sulfide) groups is 1. The zero-order valence-electron chi connectivity index (χ0n) is 14.1. The first-order chi connectivity index (χ1) is 11.4. The van der Waals surface area contributed by atoms with Crippen LogP contribution in [0.25, 0.3) is 11.1 Å². The van der Waals surface area contributed by atoms with Crippen LogP contribution in [-0.2, 0) is 0 Å². The van der Waals surface area contributed by atoms with Gasteiger partial charge in [-0.05, 0) is 64.0 Å². The first kappa shape index (κ1) is 17.4. The number of fused-ring (bicyclic) bond motifs is 1. The highest BCUT2D eigenvalue weighted by Crippen LogP contribution is 2.33. The maximum absolute atomic E-state index is 3.34. The van der Waals surface area contributed by atoms with Crippen LogP contribution in [0.1, 0.15) is 31.9 Å². The summed E-state index contributed by atoms with van der Waals surface area (Å²) in [6.07, 6.45) is 0. The van der Waals surface area contributed by atoms with Gasteiger partial charge in [-0.25, -0.2) is 0 Å². The molecule has 2 heteroatoms. The normalized spacial score (nSPS) is 11.2. The predicted octanol–water partition coefficient (Wildman–Crippen LogP) is 6.69. The van der Waals surface area contributed by atoms with Crippen LogP contribution in [0, 0.1) is 15.4 Å². The third-order valence-electron chi connectivity index (χ3n) is 3.48. The summed E-state index contributed by atoms with van der Waals surface area (Å²) in [6.45, 7) is 6.69. The molecule has 0 heterocycles. The van der Waals surface area contributed by atoms with Crippen molar-refractivity contribution in [3.05, 3.63) is 75.4 Å². The van der Waals surface area contributed by atoms with E-state index >= 15 is 0 Å². The molecule has 0 atom stereocenters. The summed E-state index contributed by atoms with van der Waals surface area (Å²) in [7, 11) is 0. The molecule has 0 aromatic heterocycles. The molecule has 0 bridgehead atoms. The van der Waals surface area contributed by atoms with Crippen LogP contribution in [0.2, 0.25) is 0 Å². The summed E-state index contributed by atoms with van der Waals surface area (Å²) >= 11 is 4.26. The van der Waals surface area contributed by atoms with Gasteiger partial charge >= 0.3 is 0 Å². The van der Waals surface area contributed by atoms with Gasteiger partial charge in [0.15, 0.2) is 0 Å². The van der Waals surface area contributed by atoms with E-state index in [1.54, 1.807) is 0 Å². The minimum atomic E-state index is 0.230. The Morgan fingerprint density at radius 2 is 1.50 bits per heavy atom. The zero-order chi connectivity index (χ0) is 17.2. The third-order valence-corrected chi connectivity index (χ3v) is 5.49. The first-order valence-corrected chi connectivity index (χ1v) is 9.80. The average molecular weight is 442 g/mol. The van der Waals surface area contributed by atoms with Gasteiger partial charge < -0.3 is 0 Å². The molecule has 0 amide bonds. The van der Waals surface area contributed by atoms with E-state index in [2.05, 4.69) is 116 Å². The molecular formula is C22H19IS. The van der Waals surface area contributed by atoms with Crippen molar-refractivity contribution in [2.45, 2.75) is 30.4 Å². The second kappa shape index (κ2) is 7.21. The molecule has 0 fully saturated rings. The van der Waals surface area contributed by atoms with Crippen LogP contribution in [0.3, 0.4) is 0 Å². The zero-order valence-corrected chi connectivity index (χ0v) is 17.0. The maximum Gasteiger partial charge on any atom is 0.0338 e. The molecule has 0 radical (unpaired) electrons. The van der Waals surface area contributed by atoms with Gasteiger partial charge in [-0.1, -0.05) is 62.9 Å². The predicted molar refractivity (Wildman–Crippen MR) is 114 cm³/mol. The lowest BCUT2D eigenvalue weighted by molar-refractivity contribution is 0.803. The Kier molecular flexibility index (Phi) is 5.22. The summed E-state index contributed by atoms with van der Waals surface area (Å²) in [5.41, 5.74) is 4.63. The van der Waals surface area contributed by atoms with Gasteiger partial charge in [0.25, 0.3) is 0 Å². The number of hydrogen-bond acceptors (Lipinski definition) is 1. The van der Waals surface area contributed by atoms with Gasteiger partial charge in [-0.3, -0.25) is 0 Å². The maximum atomic E-state index is 3.34. The van der Waals surface area contributed by atoms with Crippen molar-refractivity contribution >= 4 is 34.4 Å². The summed E-state index contributed by atoms with van der Waals surface area (Å²) in [6, 6.07) is 21.2. The average Bonchev–Trinajstić information content (AvgIpc) is 2.70. The van der Waals surface area contributed by atoms with Crippen LogP contribution >= 0.6 is 34.4 Å². The summed E-state index contributed by atoms with van der Waals surface area (Å²) in [5.74, 6) is 6.65. The fourth-order valence-electron chi connectivity index (χ4n) is 2.48. The van der Waals surface area contributed by atoms with Gasteiger partial charge in [0, 0.05) is 24.3 Å². The molecule has 3 rings (SSSR count). The fraction of sp³-hybridized carbons (Fsp3) is 0.182. The molecule has 0 nitrogen and oxygen atoms in total. The number of hydrogen-bond donors (Lipinski definition) is 0. The minimum absolute atomic E-state index is 0.230. The molecule has 2 aliphatic carbocycles. The second-order valence-electron chi connectivity index (χ2n) is 6.63. The SMILES string of the molecule is CC(C)(C)Sc1ccc(C#Cc2cc(I)c3cccccc2-3)cc1. The molecule has 0 unspecified atom stereocenters. The number of halogens is 1. The molecule has 0 aliphatic heterocycles. The van der Waals surface area contributed by atoms with E-state index in [9.17, 15) is 0 Å². The van der Waals surface area contributed by atoms with Crippen LogP contribution < -0.4 is 0 Å². The molecule has 0 saturated carbocycles. The topological polar surface area (TPSA) is 0 Å². The summed E-state index contributed by atoms with van der Waals surface area (Å²) < 4.78 is 1.48. The van der Waals surface area contributed by atoms with Crippen molar-refractivity contribution < 1.29 is 0 Å². The standard InChI is InChI=1S/C22H19IS/c1-22(2,3)24-18-13-10-16(11-14-18)9-12-17-15-21(23)20-8-6-4-5-7-19(17)20/h4-8,10-11,13-15H,1-3H3. The molecule has 0 spiro atoms. The lowest BCUT2D eigenvalue weighted by Gasteiger charge is -2.17. The summed E-state index contributed by atoms with van der Waals surface area (Å²) in [4.78, 5) is 1.29. The molecule has 1 aromatic rings. The smallest absolute Gasteiger partial charge is 0.0338 e. The van der Waals surface area contributed by atoms with Gasteiger partial charge in [0.2, 0.25) is 0 Å². The Bertz CT molecular complexity index is 876. The van der Waals surface area contributed by atoms with Crippen molar-refractivity contribution in [2.24, 2.45) is 0 Å². The van der Waals surface area contributed by atoms with E-state index in [1.165, 1.54) is 19.6 Å². The van der Waals surface area contributed by atoms with Crippen molar-refractivity contribution in [3.8, 4) is 23.0 Å². The molecule has 120 valence electrons. The quantitative estimate of drug-likeness (QED) is 0.230.